The molecule has 1 unspecified atom stereocenters. The fraction of sp³-hybridized carbons (Fsp3) is 0.375. The fourth-order valence-corrected chi connectivity index (χ4v) is 2.66. The number of ether oxygens (including phenoxy) is 1. The van der Waals surface area contributed by atoms with Gasteiger partial charge in [0.2, 0.25) is 11.8 Å². The van der Waals surface area contributed by atoms with Gasteiger partial charge in [-0.1, -0.05) is 21.4 Å². The molecule has 0 aromatic rings. The van der Waals surface area contributed by atoms with Crippen LogP contribution in [0.5, 0.6) is 0 Å². The summed E-state index contributed by atoms with van der Waals surface area (Å²) in [7, 11) is 6.52. The summed E-state index contributed by atoms with van der Waals surface area (Å²) in [4.78, 5) is 10.7. The van der Waals surface area contributed by atoms with Gasteiger partial charge in [0.05, 0.1) is 0 Å². The summed E-state index contributed by atoms with van der Waals surface area (Å²) in [6.07, 6.45) is 11.8. The first kappa shape index (κ1) is 20.7. The number of hydrogen-bond acceptors (Lipinski definition) is 4. The minimum atomic E-state index is -0.0856. The zero-order valence-corrected chi connectivity index (χ0v) is 19.1. The Morgan fingerprint density at radius 3 is 2.61 bits per heavy atom. The highest BCUT2D eigenvalue weighted by molar-refractivity contribution is 14.2. The highest BCUT2D eigenvalue weighted by atomic mass is 127. The van der Waals surface area contributed by atoms with Crippen molar-refractivity contribution in [2.24, 2.45) is 9.98 Å². The van der Waals surface area contributed by atoms with Crippen molar-refractivity contribution in [3.63, 3.8) is 0 Å². The van der Waals surface area contributed by atoms with Gasteiger partial charge in [0, 0.05) is 31.8 Å². The van der Waals surface area contributed by atoms with Crippen LogP contribution >= 0.6 is 54.4 Å². The molecule has 23 heavy (non-hydrogen) atoms. The second-order valence-electron chi connectivity index (χ2n) is 4.75. The van der Waals surface area contributed by atoms with Crippen molar-refractivity contribution < 1.29 is 4.74 Å². The first-order chi connectivity index (χ1) is 10.7. The lowest BCUT2D eigenvalue weighted by atomic mass is 10.1. The van der Waals surface area contributed by atoms with Gasteiger partial charge >= 0.3 is 0 Å². The van der Waals surface area contributed by atoms with Crippen LogP contribution in [0.1, 0.15) is 20.3 Å². The maximum absolute atomic E-state index is 5.71. The van der Waals surface area contributed by atoms with Gasteiger partial charge < -0.3 is 9.64 Å². The normalized spacial score (nSPS) is 19.7. The van der Waals surface area contributed by atoms with E-state index in [0.717, 1.165) is 17.0 Å². The van der Waals surface area contributed by atoms with Crippen LogP contribution in [0.4, 0.5) is 0 Å². The molecule has 7 heteroatoms. The molecule has 1 rings (SSSR count). The number of hydrogen-bond donors (Lipinski definition) is 0. The molecular formula is C16H20I2N3OP. The standard InChI is InChI=1S/C16H20I2N3OP/c1-6-8-12(10-9-11(3)21(5)16(17,18)23)14-20-13(7-2)15(19-4)22-14/h1,7,9-10H,8,23H2,2-5H3/b11-9+,12-10+,13-7+,19-15?. The van der Waals surface area contributed by atoms with Crippen LogP contribution in [0.25, 0.3) is 0 Å². The summed E-state index contributed by atoms with van der Waals surface area (Å²) in [5, 5.41) is 0. The third kappa shape index (κ3) is 5.87. The van der Waals surface area contributed by atoms with Crippen molar-refractivity contribution in [2.75, 3.05) is 14.1 Å². The highest BCUT2D eigenvalue weighted by Crippen LogP contribution is 2.39. The summed E-state index contributed by atoms with van der Waals surface area (Å²) < 4.78 is 5.62. The molecule has 1 aliphatic rings. The van der Waals surface area contributed by atoms with Crippen LogP contribution < -0.4 is 0 Å². The third-order valence-electron chi connectivity index (χ3n) is 3.18. The first-order valence-corrected chi connectivity index (χ1v) is 9.59. The largest absolute Gasteiger partial charge is 0.418 e. The second-order valence-corrected chi connectivity index (χ2v) is 13.3. The Bertz CT molecular complexity index is 649. The quantitative estimate of drug-likeness (QED) is 0.125. The Morgan fingerprint density at radius 1 is 1.52 bits per heavy atom. The van der Waals surface area contributed by atoms with Crippen molar-refractivity contribution in [1.29, 1.82) is 0 Å². The van der Waals surface area contributed by atoms with Gasteiger partial charge in [-0.3, -0.25) is 4.99 Å². The summed E-state index contributed by atoms with van der Waals surface area (Å²) in [6.45, 7) is 3.95. The minimum absolute atomic E-state index is 0.0856. The smallest absolute Gasteiger partial charge is 0.242 e. The van der Waals surface area contributed by atoms with Gasteiger partial charge in [-0.05, 0) is 65.1 Å². The predicted octanol–water partition coefficient (Wildman–Crippen LogP) is 4.49. The average Bonchev–Trinajstić information content (AvgIpc) is 2.92. The van der Waals surface area contributed by atoms with Crippen LogP contribution in [0.2, 0.25) is 0 Å². The van der Waals surface area contributed by atoms with E-state index in [0.29, 0.717) is 18.2 Å². The number of aliphatic imine (C=N–C) groups is 2. The number of terminal acetylenes is 1. The van der Waals surface area contributed by atoms with E-state index in [9.17, 15) is 0 Å². The van der Waals surface area contributed by atoms with E-state index < -0.39 is 0 Å². The molecule has 0 aliphatic carbocycles. The molecular weight excluding hydrogens is 535 g/mol. The van der Waals surface area contributed by atoms with Crippen molar-refractivity contribution >= 4 is 66.2 Å². The lowest BCUT2D eigenvalue weighted by molar-refractivity contribution is 0.469. The summed E-state index contributed by atoms with van der Waals surface area (Å²) >= 11 is 4.71. The average molecular weight is 555 g/mol. The zero-order chi connectivity index (χ0) is 17.6. The van der Waals surface area contributed by atoms with Crippen molar-refractivity contribution in [3.8, 4) is 12.3 Å². The number of nitrogens with zero attached hydrogens (tertiary/aromatic N) is 3. The molecule has 4 nitrogen and oxygen atoms in total. The molecule has 0 spiro atoms. The van der Waals surface area contributed by atoms with E-state index >= 15 is 0 Å². The summed E-state index contributed by atoms with van der Waals surface area (Å²) in [6, 6.07) is 0. The number of halogens is 2. The molecule has 0 amide bonds. The van der Waals surface area contributed by atoms with Crippen LogP contribution in [0.15, 0.2) is 45.2 Å². The SMILES string of the molecule is C#CC/C(=C\C=C(/C)N(C)C(P)(I)I)C1=N/C(=C/C)C(=NC)O1. The molecule has 0 saturated carbocycles. The third-order valence-corrected chi connectivity index (χ3v) is 5.01. The van der Waals surface area contributed by atoms with Crippen molar-refractivity contribution in [2.45, 2.75) is 21.6 Å². The molecule has 0 radical (unpaired) electrons. The second kappa shape index (κ2) is 9.19. The van der Waals surface area contributed by atoms with Gasteiger partial charge in [-0.2, -0.15) is 0 Å². The Hall–Kier alpha value is -0.390. The van der Waals surface area contributed by atoms with Crippen LogP contribution in [-0.4, -0.2) is 32.1 Å². The topological polar surface area (TPSA) is 37.2 Å². The molecule has 1 aliphatic heterocycles. The van der Waals surface area contributed by atoms with E-state index in [1.165, 1.54) is 0 Å². The monoisotopic (exact) mass is 555 g/mol. The molecule has 1 heterocycles. The molecule has 0 N–H and O–H groups in total. The Labute approximate surface area is 168 Å². The first-order valence-electron chi connectivity index (χ1n) is 6.86. The van der Waals surface area contributed by atoms with Crippen LogP contribution in [0.3, 0.4) is 0 Å². The molecule has 0 saturated heterocycles. The van der Waals surface area contributed by atoms with Crippen molar-refractivity contribution in [3.05, 3.63) is 35.2 Å². The van der Waals surface area contributed by atoms with E-state index in [4.69, 9.17) is 11.2 Å². The number of rotatable bonds is 5. The Morgan fingerprint density at radius 2 is 2.17 bits per heavy atom. The molecule has 1 atom stereocenters. The maximum atomic E-state index is 5.71. The van der Waals surface area contributed by atoms with Gasteiger partial charge in [-0.15, -0.1) is 12.3 Å². The predicted molar refractivity (Wildman–Crippen MR) is 119 cm³/mol. The molecule has 0 bridgehead atoms. The van der Waals surface area contributed by atoms with E-state index in [1.807, 2.05) is 39.1 Å². The maximum Gasteiger partial charge on any atom is 0.242 e. The summed E-state index contributed by atoms with van der Waals surface area (Å²) in [5.74, 6) is 3.69. The number of alkyl halides is 2. The highest BCUT2D eigenvalue weighted by Gasteiger charge is 2.23. The Kier molecular flexibility index (Phi) is 8.25. The van der Waals surface area contributed by atoms with E-state index in [-0.39, 0.29) is 1.29 Å². The lowest BCUT2D eigenvalue weighted by Crippen LogP contribution is -2.27. The van der Waals surface area contributed by atoms with E-state index in [1.54, 1.807) is 7.05 Å². The van der Waals surface area contributed by atoms with Crippen LogP contribution in [0, 0.1) is 12.3 Å². The molecule has 0 fully saturated rings. The minimum Gasteiger partial charge on any atom is -0.418 e. The molecule has 124 valence electrons. The van der Waals surface area contributed by atoms with Gasteiger partial charge in [-0.25, -0.2) is 4.99 Å². The van der Waals surface area contributed by atoms with Crippen LogP contribution in [-0.2, 0) is 4.74 Å². The zero-order valence-electron chi connectivity index (χ0n) is 13.6. The van der Waals surface area contributed by atoms with Crippen molar-refractivity contribution in [1.82, 2.24) is 4.90 Å². The van der Waals surface area contributed by atoms with E-state index in [2.05, 4.69) is 75.2 Å². The van der Waals surface area contributed by atoms with Gasteiger partial charge in [0.25, 0.3) is 0 Å². The summed E-state index contributed by atoms with van der Waals surface area (Å²) in [5.41, 5.74) is 2.69. The number of allylic oxidation sites excluding steroid dienone is 4. The lowest BCUT2D eigenvalue weighted by Gasteiger charge is -2.30. The molecule has 0 aromatic carbocycles. The van der Waals surface area contributed by atoms with Gasteiger partial charge in [0.15, 0.2) is 1.29 Å². The fourth-order valence-electron chi connectivity index (χ4n) is 1.69. The molecule has 0 aromatic heterocycles. The van der Waals surface area contributed by atoms with Gasteiger partial charge in [0.1, 0.15) is 5.70 Å². The Balaban J connectivity index is 3.12.